The molecule has 1 aliphatic rings. The summed E-state index contributed by atoms with van der Waals surface area (Å²) in [6.45, 7) is 0.302. The van der Waals surface area contributed by atoms with Crippen molar-refractivity contribution >= 4 is 33.5 Å². The van der Waals surface area contributed by atoms with E-state index in [4.69, 9.17) is 0 Å². The van der Waals surface area contributed by atoms with Crippen LogP contribution in [0.4, 0.5) is 0 Å². The highest BCUT2D eigenvalue weighted by atomic mass is 16.3. The van der Waals surface area contributed by atoms with Crippen LogP contribution in [-0.2, 0) is 6.42 Å². The van der Waals surface area contributed by atoms with Crippen LogP contribution in [0, 0.1) is 0 Å². The molecule has 5 nitrogen and oxygen atoms in total. The quantitative estimate of drug-likeness (QED) is 0.547. The highest BCUT2D eigenvalue weighted by Crippen LogP contribution is 2.35. The molecule has 0 aliphatic carbocycles. The fourth-order valence-electron chi connectivity index (χ4n) is 3.90. The maximum Gasteiger partial charge on any atom is 0.261 e. The SMILES string of the molecule is O=C1c2cccc3c(O)ccc(c23)C(=O)N1CCc1c[nH]c2ccccc12. The number of aromatic amines is 1. The van der Waals surface area contributed by atoms with Gasteiger partial charge in [0.2, 0.25) is 0 Å². The average molecular weight is 356 g/mol. The number of carbonyl (C=O) groups is 2. The number of rotatable bonds is 3. The van der Waals surface area contributed by atoms with Crippen molar-refractivity contribution in [1.29, 1.82) is 0 Å². The van der Waals surface area contributed by atoms with Crippen LogP contribution in [0.25, 0.3) is 21.7 Å². The third kappa shape index (κ3) is 2.25. The van der Waals surface area contributed by atoms with E-state index in [1.54, 1.807) is 24.3 Å². The van der Waals surface area contributed by atoms with Gasteiger partial charge in [-0.15, -0.1) is 0 Å². The summed E-state index contributed by atoms with van der Waals surface area (Å²) in [6.07, 6.45) is 2.50. The number of hydrogen-bond donors (Lipinski definition) is 2. The Labute approximate surface area is 154 Å². The Bertz CT molecular complexity index is 1220. The van der Waals surface area contributed by atoms with Crippen LogP contribution in [0.1, 0.15) is 26.3 Å². The summed E-state index contributed by atoms with van der Waals surface area (Å²) in [5.41, 5.74) is 3.02. The van der Waals surface area contributed by atoms with E-state index in [0.717, 1.165) is 16.5 Å². The van der Waals surface area contributed by atoms with E-state index < -0.39 is 0 Å². The second-order valence-corrected chi connectivity index (χ2v) is 6.73. The van der Waals surface area contributed by atoms with Crippen molar-refractivity contribution in [2.75, 3.05) is 6.54 Å². The van der Waals surface area contributed by atoms with E-state index in [-0.39, 0.29) is 17.6 Å². The Hall–Kier alpha value is -3.60. The molecule has 0 radical (unpaired) electrons. The van der Waals surface area contributed by atoms with Gasteiger partial charge < -0.3 is 10.1 Å². The fourth-order valence-corrected chi connectivity index (χ4v) is 3.90. The van der Waals surface area contributed by atoms with E-state index in [1.807, 2.05) is 30.5 Å². The number of fused-ring (bicyclic) bond motifs is 1. The highest BCUT2D eigenvalue weighted by Gasteiger charge is 2.33. The minimum absolute atomic E-state index is 0.0726. The zero-order valence-corrected chi connectivity index (χ0v) is 14.4. The number of carbonyl (C=O) groups excluding carboxylic acids is 2. The third-order valence-electron chi connectivity index (χ3n) is 5.25. The Morgan fingerprint density at radius 2 is 1.59 bits per heavy atom. The third-order valence-corrected chi connectivity index (χ3v) is 5.25. The molecular weight excluding hydrogens is 340 g/mol. The van der Waals surface area contributed by atoms with Gasteiger partial charge in [-0.1, -0.05) is 30.3 Å². The molecule has 27 heavy (non-hydrogen) atoms. The lowest BCUT2D eigenvalue weighted by atomic mass is 9.93. The molecule has 3 aromatic carbocycles. The van der Waals surface area contributed by atoms with Gasteiger partial charge in [-0.05, 0) is 36.2 Å². The summed E-state index contributed by atoms with van der Waals surface area (Å²) in [4.78, 5) is 30.4. The number of H-pyrrole nitrogens is 1. The van der Waals surface area contributed by atoms with Crippen molar-refractivity contribution in [3.63, 3.8) is 0 Å². The number of imide groups is 1. The predicted molar refractivity (Wildman–Crippen MR) is 103 cm³/mol. The zero-order chi connectivity index (χ0) is 18.5. The van der Waals surface area contributed by atoms with Crippen LogP contribution in [0.2, 0.25) is 0 Å². The van der Waals surface area contributed by atoms with Crippen molar-refractivity contribution in [1.82, 2.24) is 9.88 Å². The van der Waals surface area contributed by atoms with Gasteiger partial charge in [0.15, 0.2) is 0 Å². The molecule has 132 valence electrons. The lowest BCUT2D eigenvalue weighted by molar-refractivity contribution is 0.0612. The summed E-state index contributed by atoms with van der Waals surface area (Å²) in [7, 11) is 0. The molecule has 0 saturated heterocycles. The number of aromatic hydroxyl groups is 1. The van der Waals surface area contributed by atoms with Gasteiger partial charge in [0.05, 0.1) is 0 Å². The maximum absolute atomic E-state index is 13.0. The number of benzene rings is 3. The highest BCUT2D eigenvalue weighted by molar-refractivity contribution is 6.26. The zero-order valence-electron chi connectivity index (χ0n) is 14.4. The Kier molecular flexibility index (Phi) is 3.31. The maximum atomic E-state index is 13.0. The molecule has 0 atom stereocenters. The van der Waals surface area contributed by atoms with Gasteiger partial charge in [-0.2, -0.15) is 0 Å². The number of hydrogen-bond acceptors (Lipinski definition) is 3. The molecule has 0 saturated carbocycles. The number of phenolic OH excluding ortho intramolecular Hbond substituents is 1. The predicted octanol–water partition coefficient (Wildman–Crippen LogP) is 3.87. The lowest BCUT2D eigenvalue weighted by Gasteiger charge is -2.27. The average Bonchev–Trinajstić information content (AvgIpc) is 3.10. The molecule has 1 aromatic heterocycles. The first-order valence-electron chi connectivity index (χ1n) is 8.81. The minimum atomic E-state index is -0.316. The van der Waals surface area contributed by atoms with Gasteiger partial charge in [0.25, 0.3) is 11.8 Å². The van der Waals surface area contributed by atoms with E-state index in [2.05, 4.69) is 4.98 Å². The van der Waals surface area contributed by atoms with Gasteiger partial charge in [0, 0.05) is 45.5 Å². The molecule has 5 heteroatoms. The van der Waals surface area contributed by atoms with Crippen molar-refractivity contribution in [3.05, 3.63) is 77.5 Å². The van der Waals surface area contributed by atoms with E-state index >= 15 is 0 Å². The number of nitrogens with zero attached hydrogens (tertiary/aromatic N) is 1. The largest absolute Gasteiger partial charge is 0.507 e. The lowest BCUT2D eigenvalue weighted by Crippen LogP contribution is -2.41. The second-order valence-electron chi connectivity index (χ2n) is 6.73. The number of nitrogens with one attached hydrogen (secondary N) is 1. The van der Waals surface area contributed by atoms with Crippen LogP contribution in [0.15, 0.2) is 60.8 Å². The smallest absolute Gasteiger partial charge is 0.261 e. The van der Waals surface area contributed by atoms with Gasteiger partial charge in [-0.3, -0.25) is 14.5 Å². The second kappa shape index (κ2) is 5.71. The van der Waals surface area contributed by atoms with Gasteiger partial charge in [-0.25, -0.2) is 0 Å². The normalized spacial score (nSPS) is 13.7. The molecule has 0 spiro atoms. The summed E-state index contributed by atoms with van der Waals surface area (Å²) < 4.78 is 0. The Morgan fingerprint density at radius 1 is 0.852 bits per heavy atom. The topological polar surface area (TPSA) is 73.4 Å². The first kappa shape index (κ1) is 15.6. The van der Waals surface area contributed by atoms with Gasteiger partial charge >= 0.3 is 0 Å². The summed E-state index contributed by atoms with van der Waals surface area (Å²) in [5.74, 6) is -0.560. The molecule has 1 aliphatic heterocycles. The molecule has 2 heterocycles. The Balaban J connectivity index is 1.52. The fraction of sp³-hybridized carbons (Fsp3) is 0.0909. The minimum Gasteiger partial charge on any atom is -0.507 e. The number of phenols is 1. The first-order chi connectivity index (χ1) is 13.1. The molecule has 0 bridgehead atoms. The van der Waals surface area contributed by atoms with Crippen LogP contribution >= 0.6 is 0 Å². The number of aromatic nitrogens is 1. The summed E-state index contributed by atoms with van der Waals surface area (Å²) in [5, 5.41) is 12.2. The van der Waals surface area contributed by atoms with Crippen LogP contribution in [0.3, 0.4) is 0 Å². The molecule has 0 unspecified atom stereocenters. The molecule has 2 N–H and O–H groups in total. The van der Waals surface area contributed by atoms with Gasteiger partial charge in [0.1, 0.15) is 5.75 Å². The van der Waals surface area contributed by atoms with E-state index in [0.29, 0.717) is 34.9 Å². The number of para-hydroxylation sites is 1. The molecule has 2 amide bonds. The van der Waals surface area contributed by atoms with Crippen molar-refractivity contribution in [3.8, 4) is 5.75 Å². The summed E-state index contributed by atoms with van der Waals surface area (Å²) in [6, 6.07) is 16.2. The molecular formula is C22H16N2O3. The molecule has 5 rings (SSSR count). The standard InChI is InChI=1S/C22H16N2O3/c25-19-9-8-17-20-15(19)5-3-6-16(20)21(26)24(22(17)27)11-10-13-12-23-18-7-2-1-4-14(13)18/h1-9,12,23,25H,10-11H2. The number of amides is 2. The van der Waals surface area contributed by atoms with Crippen molar-refractivity contribution < 1.29 is 14.7 Å². The summed E-state index contributed by atoms with van der Waals surface area (Å²) >= 11 is 0. The van der Waals surface area contributed by atoms with Crippen LogP contribution < -0.4 is 0 Å². The van der Waals surface area contributed by atoms with Crippen LogP contribution in [-0.4, -0.2) is 33.3 Å². The van der Waals surface area contributed by atoms with Crippen molar-refractivity contribution in [2.45, 2.75) is 6.42 Å². The Morgan fingerprint density at radius 3 is 2.44 bits per heavy atom. The molecule has 4 aromatic rings. The first-order valence-corrected chi connectivity index (χ1v) is 8.81. The van der Waals surface area contributed by atoms with E-state index in [1.165, 1.54) is 11.0 Å². The monoisotopic (exact) mass is 356 g/mol. The molecule has 0 fully saturated rings. The van der Waals surface area contributed by atoms with Crippen molar-refractivity contribution in [2.24, 2.45) is 0 Å². The van der Waals surface area contributed by atoms with E-state index in [9.17, 15) is 14.7 Å². The van der Waals surface area contributed by atoms with Crippen LogP contribution in [0.5, 0.6) is 5.75 Å².